The Morgan fingerprint density at radius 2 is 1.78 bits per heavy atom. The lowest BCUT2D eigenvalue weighted by Gasteiger charge is -2.20. The predicted octanol–water partition coefficient (Wildman–Crippen LogP) is 2.59. The molecule has 0 spiro atoms. The molecule has 1 unspecified atom stereocenters. The first kappa shape index (κ1) is 14.5. The number of hydrogen-bond acceptors (Lipinski definition) is 3. The fourth-order valence-electron chi connectivity index (χ4n) is 1.95. The van der Waals surface area contributed by atoms with Gasteiger partial charge in [0.05, 0.1) is 11.7 Å². The van der Waals surface area contributed by atoms with Gasteiger partial charge in [0, 0.05) is 12.2 Å². The predicted molar refractivity (Wildman–Crippen MR) is 72.0 cm³/mol. The van der Waals surface area contributed by atoms with E-state index in [1.807, 2.05) is 0 Å². The van der Waals surface area contributed by atoms with Crippen molar-refractivity contribution in [3.05, 3.63) is 29.8 Å². The van der Waals surface area contributed by atoms with Crippen LogP contribution in [0.25, 0.3) is 0 Å². The van der Waals surface area contributed by atoms with Crippen molar-refractivity contribution in [1.29, 1.82) is 0 Å². The molecule has 4 heteroatoms. The number of nitrogens with one attached hydrogen (secondary N) is 1. The van der Waals surface area contributed by atoms with Crippen molar-refractivity contribution in [3.63, 3.8) is 0 Å². The summed E-state index contributed by atoms with van der Waals surface area (Å²) >= 11 is 0. The van der Waals surface area contributed by atoms with Crippen LogP contribution in [0.5, 0.6) is 0 Å². The molecular formula is C14H21NO3. The van der Waals surface area contributed by atoms with Crippen molar-refractivity contribution >= 4 is 11.7 Å². The zero-order valence-electron chi connectivity index (χ0n) is 10.9. The molecule has 1 rings (SSSR count). The molecule has 0 saturated carbocycles. The third kappa shape index (κ3) is 4.04. The first-order valence-electron chi connectivity index (χ1n) is 6.33. The highest BCUT2D eigenvalue weighted by molar-refractivity contribution is 5.87. The van der Waals surface area contributed by atoms with Gasteiger partial charge in [0.2, 0.25) is 0 Å². The van der Waals surface area contributed by atoms with Crippen molar-refractivity contribution in [1.82, 2.24) is 0 Å². The smallest absolute Gasteiger partial charge is 0.335 e. The number of carboxylic acid groups (broad SMARTS) is 1. The zero-order valence-corrected chi connectivity index (χ0v) is 10.9. The second-order valence-corrected chi connectivity index (χ2v) is 4.41. The van der Waals surface area contributed by atoms with Gasteiger partial charge in [-0.15, -0.1) is 0 Å². The number of carbonyl (C=O) groups is 1. The van der Waals surface area contributed by atoms with Gasteiger partial charge in [0.25, 0.3) is 0 Å². The number of aliphatic hydroxyl groups excluding tert-OH is 1. The fraction of sp³-hybridized carbons (Fsp3) is 0.500. The van der Waals surface area contributed by atoms with Crippen molar-refractivity contribution in [2.75, 3.05) is 11.9 Å². The summed E-state index contributed by atoms with van der Waals surface area (Å²) in [7, 11) is 0. The second kappa shape index (κ2) is 7.01. The minimum absolute atomic E-state index is 0.265. The lowest BCUT2D eigenvalue weighted by molar-refractivity contribution is 0.0697. The molecule has 0 aliphatic heterocycles. The number of aliphatic hydroxyl groups is 1. The average Bonchev–Trinajstić information content (AvgIpc) is 2.38. The van der Waals surface area contributed by atoms with Crippen LogP contribution in [0.3, 0.4) is 0 Å². The average molecular weight is 251 g/mol. The third-order valence-electron chi connectivity index (χ3n) is 3.24. The first-order valence-corrected chi connectivity index (χ1v) is 6.33. The molecule has 3 N–H and O–H groups in total. The summed E-state index contributed by atoms with van der Waals surface area (Å²) in [6.45, 7) is 4.62. The van der Waals surface area contributed by atoms with E-state index in [1.165, 1.54) is 0 Å². The van der Waals surface area contributed by atoms with E-state index in [2.05, 4.69) is 19.2 Å². The minimum Gasteiger partial charge on any atom is -0.478 e. The molecule has 4 nitrogen and oxygen atoms in total. The van der Waals surface area contributed by atoms with Gasteiger partial charge in [-0.3, -0.25) is 0 Å². The van der Waals surface area contributed by atoms with Crippen LogP contribution in [-0.2, 0) is 0 Å². The van der Waals surface area contributed by atoms with Crippen LogP contribution in [0.15, 0.2) is 24.3 Å². The van der Waals surface area contributed by atoms with Crippen LogP contribution in [0, 0.1) is 5.92 Å². The molecule has 0 heterocycles. The molecule has 1 atom stereocenters. The van der Waals surface area contributed by atoms with Crippen LogP contribution >= 0.6 is 0 Å². The molecule has 0 aliphatic rings. The van der Waals surface area contributed by atoms with Gasteiger partial charge in [-0.25, -0.2) is 4.79 Å². The van der Waals surface area contributed by atoms with Crippen LogP contribution in [0.1, 0.15) is 37.0 Å². The SMILES string of the molecule is CCC(CC)C(O)CNc1ccc(C(=O)O)cc1. The lowest BCUT2D eigenvalue weighted by atomic mass is 9.96. The van der Waals surface area contributed by atoms with Crippen molar-refractivity contribution in [2.24, 2.45) is 5.92 Å². The molecule has 0 fully saturated rings. The zero-order chi connectivity index (χ0) is 13.5. The van der Waals surface area contributed by atoms with Crippen molar-refractivity contribution in [2.45, 2.75) is 32.8 Å². The summed E-state index contributed by atoms with van der Waals surface area (Å²) in [6.07, 6.45) is 1.54. The summed E-state index contributed by atoms with van der Waals surface area (Å²) in [5, 5.41) is 21.8. The topological polar surface area (TPSA) is 69.6 Å². The number of anilines is 1. The Hall–Kier alpha value is -1.55. The minimum atomic E-state index is -0.932. The summed E-state index contributed by atoms with van der Waals surface area (Å²) in [4.78, 5) is 10.7. The Balaban J connectivity index is 2.50. The second-order valence-electron chi connectivity index (χ2n) is 4.41. The number of aromatic carboxylic acids is 1. The molecular weight excluding hydrogens is 230 g/mol. The quantitative estimate of drug-likeness (QED) is 0.696. The van der Waals surface area contributed by atoms with Crippen LogP contribution in [-0.4, -0.2) is 28.8 Å². The van der Waals surface area contributed by atoms with E-state index in [0.717, 1.165) is 18.5 Å². The standard InChI is InChI=1S/C14H21NO3/c1-3-10(4-2)13(16)9-15-12-7-5-11(6-8-12)14(17)18/h5-8,10,13,15-16H,3-4,9H2,1-2H3,(H,17,18). The number of carboxylic acids is 1. The Labute approximate surface area is 108 Å². The maximum absolute atomic E-state index is 10.7. The summed E-state index contributed by atoms with van der Waals surface area (Å²) in [6, 6.07) is 6.52. The summed E-state index contributed by atoms with van der Waals surface area (Å²) in [5.74, 6) is -0.630. The van der Waals surface area contributed by atoms with Gasteiger partial charge in [-0.2, -0.15) is 0 Å². The number of hydrogen-bond donors (Lipinski definition) is 3. The summed E-state index contributed by atoms with van der Waals surface area (Å²) in [5.41, 5.74) is 1.09. The molecule has 1 aromatic carbocycles. The molecule has 0 aromatic heterocycles. The molecule has 0 radical (unpaired) electrons. The van der Waals surface area contributed by atoms with E-state index in [-0.39, 0.29) is 11.7 Å². The fourth-order valence-corrected chi connectivity index (χ4v) is 1.95. The van der Waals surface area contributed by atoms with E-state index < -0.39 is 5.97 Å². The Kier molecular flexibility index (Phi) is 5.65. The largest absolute Gasteiger partial charge is 0.478 e. The van der Waals surface area contributed by atoms with Crippen LogP contribution < -0.4 is 5.32 Å². The molecule has 18 heavy (non-hydrogen) atoms. The number of benzene rings is 1. The van der Waals surface area contributed by atoms with E-state index >= 15 is 0 Å². The van der Waals surface area contributed by atoms with Crippen LogP contribution in [0.4, 0.5) is 5.69 Å². The lowest BCUT2D eigenvalue weighted by Crippen LogP contribution is -2.27. The first-order chi connectivity index (χ1) is 8.58. The normalized spacial score (nSPS) is 12.4. The van der Waals surface area contributed by atoms with Gasteiger partial charge in [-0.1, -0.05) is 26.7 Å². The molecule has 0 bridgehead atoms. The Bertz CT molecular complexity index is 371. The monoisotopic (exact) mass is 251 g/mol. The van der Waals surface area contributed by atoms with E-state index in [0.29, 0.717) is 12.5 Å². The van der Waals surface area contributed by atoms with Crippen molar-refractivity contribution < 1.29 is 15.0 Å². The molecule has 100 valence electrons. The molecule has 0 aliphatic carbocycles. The highest BCUT2D eigenvalue weighted by Crippen LogP contribution is 2.15. The van der Waals surface area contributed by atoms with Crippen molar-refractivity contribution in [3.8, 4) is 0 Å². The maximum atomic E-state index is 10.7. The van der Waals surface area contributed by atoms with E-state index in [9.17, 15) is 9.90 Å². The molecule has 0 amide bonds. The maximum Gasteiger partial charge on any atom is 0.335 e. The Morgan fingerprint density at radius 1 is 1.22 bits per heavy atom. The van der Waals surface area contributed by atoms with Gasteiger partial charge in [0.1, 0.15) is 0 Å². The third-order valence-corrected chi connectivity index (χ3v) is 3.24. The van der Waals surface area contributed by atoms with Gasteiger partial charge in [0.15, 0.2) is 0 Å². The van der Waals surface area contributed by atoms with Gasteiger partial charge in [-0.05, 0) is 30.2 Å². The summed E-state index contributed by atoms with van der Waals surface area (Å²) < 4.78 is 0. The molecule has 0 saturated heterocycles. The van der Waals surface area contributed by atoms with E-state index in [1.54, 1.807) is 24.3 Å². The Morgan fingerprint density at radius 3 is 2.22 bits per heavy atom. The van der Waals surface area contributed by atoms with E-state index in [4.69, 9.17) is 5.11 Å². The van der Waals surface area contributed by atoms with Gasteiger partial charge < -0.3 is 15.5 Å². The highest BCUT2D eigenvalue weighted by Gasteiger charge is 2.14. The van der Waals surface area contributed by atoms with Crippen LogP contribution in [0.2, 0.25) is 0 Å². The molecule has 1 aromatic rings. The highest BCUT2D eigenvalue weighted by atomic mass is 16.4. The van der Waals surface area contributed by atoms with Gasteiger partial charge >= 0.3 is 5.97 Å². The number of rotatable bonds is 7.